The first-order valence-corrected chi connectivity index (χ1v) is 13.1. The van der Waals surface area contributed by atoms with Gasteiger partial charge >= 0.3 is 5.97 Å². The van der Waals surface area contributed by atoms with Crippen molar-refractivity contribution in [2.75, 3.05) is 21.3 Å². The quantitative estimate of drug-likeness (QED) is 0.422. The van der Waals surface area contributed by atoms with Gasteiger partial charge in [-0.25, -0.2) is 0 Å². The molecule has 5 atom stereocenters. The van der Waals surface area contributed by atoms with Gasteiger partial charge in [-0.3, -0.25) is 9.59 Å². The van der Waals surface area contributed by atoms with E-state index in [9.17, 15) is 9.59 Å². The molecule has 1 aliphatic heterocycles. The topological polar surface area (TPSA) is 65.1 Å². The summed E-state index contributed by atoms with van der Waals surface area (Å²) in [6.07, 6.45) is 7.55. The van der Waals surface area contributed by atoms with Gasteiger partial charge in [-0.15, -0.1) is 0 Å². The second-order valence-electron chi connectivity index (χ2n) is 11.4. The number of nitrogens with zero attached hydrogens (tertiary/aromatic N) is 1. The molecule has 1 saturated heterocycles. The summed E-state index contributed by atoms with van der Waals surface area (Å²) in [5, 5.41) is 0. The van der Waals surface area contributed by atoms with Crippen molar-refractivity contribution in [1.82, 2.24) is 4.90 Å². The average molecular weight is 482 g/mol. The van der Waals surface area contributed by atoms with Gasteiger partial charge in [0.05, 0.1) is 27.2 Å². The van der Waals surface area contributed by atoms with Crippen molar-refractivity contribution in [1.29, 1.82) is 0 Å². The van der Waals surface area contributed by atoms with E-state index in [4.69, 9.17) is 14.2 Å². The van der Waals surface area contributed by atoms with E-state index in [2.05, 4.69) is 18.7 Å². The lowest BCUT2D eigenvalue weighted by atomic mass is 9.52. The van der Waals surface area contributed by atoms with E-state index in [1.807, 2.05) is 18.2 Å². The molecule has 2 unspecified atom stereocenters. The number of ether oxygens (including phenoxy) is 3. The van der Waals surface area contributed by atoms with E-state index in [1.54, 1.807) is 19.8 Å². The number of rotatable bonds is 5. The fourth-order valence-corrected chi connectivity index (χ4v) is 8.12. The van der Waals surface area contributed by atoms with E-state index < -0.39 is 0 Å². The molecule has 2 saturated carbocycles. The van der Waals surface area contributed by atoms with Crippen molar-refractivity contribution in [3.05, 3.63) is 34.9 Å². The lowest BCUT2D eigenvalue weighted by molar-refractivity contribution is -0.151. The maximum atomic E-state index is 13.3. The fourth-order valence-electron chi connectivity index (χ4n) is 8.12. The number of carbonyl (C=O) groups is 2. The zero-order chi connectivity index (χ0) is 25.0. The number of amides is 1. The maximum absolute atomic E-state index is 13.3. The minimum absolute atomic E-state index is 0.0200. The summed E-state index contributed by atoms with van der Waals surface area (Å²) >= 11 is 0. The standard InChI is InChI=1S/C29H39NO5/c1-28-14-12-22-20(21(28)9-10-23(28)27(32)35-5)8-11-25-29(22,2)15-13-26(31)30(25)17-18-6-7-19(33-3)16-24(18)34-4/h6-7,16,22-23,25H,8-15,17H2,1-5H3/t22-,23?,25?,28+,29-/m1/s1. The number of hydrogen-bond acceptors (Lipinski definition) is 5. The summed E-state index contributed by atoms with van der Waals surface area (Å²) < 4.78 is 16.2. The molecule has 0 spiro atoms. The van der Waals surface area contributed by atoms with Crippen LogP contribution >= 0.6 is 0 Å². The molecule has 0 aromatic heterocycles. The minimum Gasteiger partial charge on any atom is -0.497 e. The molecular weight excluding hydrogens is 442 g/mol. The minimum atomic E-state index is -0.0667. The van der Waals surface area contributed by atoms with Crippen LogP contribution < -0.4 is 9.47 Å². The first-order chi connectivity index (χ1) is 16.8. The van der Waals surface area contributed by atoms with Gasteiger partial charge in [0, 0.05) is 36.1 Å². The third-order valence-electron chi connectivity index (χ3n) is 10.0. The number of carbonyl (C=O) groups excluding carboxylic acids is 2. The molecule has 3 aliphatic carbocycles. The highest BCUT2D eigenvalue weighted by Crippen LogP contribution is 2.63. The Morgan fingerprint density at radius 2 is 1.83 bits per heavy atom. The second-order valence-corrected chi connectivity index (χ2v) is 11.4. The van der Waals surface area contributed by atoms with Crippen LogP contribution in [0.1, 0.15) is 70.8 Å². The van der Waals surface area contributed by atoms with Gasteiger partial charge in [-0.2, -0.15) is 0 Å². The Kier molecular flexibility index (Phi) is 6.13. The Morgan fingerprint density at radius 3 is 2.54 bits per heavy atom. The van der Waals surface area contributed by atoms with E-state index in [1.165, 1.54) is 12.7 Å². The number of benzene rings is 1. The summed E-state index contributed by atoms with van der Waals surface area (Å²) in [4.78, 5) is 28.0. The monoisotopic (exact) mass is 481 g/mol. The van der Waals surface area contributed by atoms with Gasteiger partial charge in [0.1, 0.15) is 11.5 Å². The van der Waals surface area contributed by atoms with Crippen LogP contribution in [-0.2, 0) is 20.9 Å². The molecule has 1 heterocycles. The molecule has 0 bridgehead atoms. The summed E-state index contributed by atoms with van der Waals surface area (Å²) in [6, 6.07) is 6.07. The van der Waals surface area contributed by atoms with Crippen molar-refractivity contribution >= 4 is 11.9 Å². The van der Waals surface area contributed by atoms with Gasteiger partial charge < -0.3 is 19.1 Å². The van der Waals surface area contributed by atoms with Crippen molar-refractivity contribution in [2.45, 2.75) is 77.8 Å². The van der Waals surface area contributed by atoms with Crippen LogP contribution in [0.15, 0.2) is 29.3 Å². The molecule has 3 fully saturated rings. The molecule has 5 rings (SSSR count). The summed E-state index contributed by atoms with van der Waals surface area (Å²) in [5.74, 6) is 2.17. The first-order valence-electron chi connectivity index (χ1n) is 13.1. The molecule has 1 amide bonds. The fraction of sp³-hybridized carbons (Fsp3) is 0.655. The van der Waals surface area contributed by atoms with E-state index in [-0.39, 0.29) is 34.7 Å². The molecule has 35 heavy (non-hydrogen) atoms. The molecular formula is C29H39NO5. The number of allylic oxidation sites excluding steroid dienone is 2. The number of piperidine rings is 1. The lowest BCUT2D eigenvalue weighted by Gasteiger charge is -2.58. The van der Waals surface area contributed by atoms with E-state index in [0.29, 0.717) is 18.9 Å². The summed E-state index contributed by atoms with van der Waals surface area (Å²) in [7, 11) is 4.83. The van der Waals surface area contributed by atoms with Gasteiger partial charge in [-0.05, 0) is 68.4 Å². The SMILES string of the molecule is COC(=O)C1CCC2=C3CCC4N(Cc5ccc(OC)cc5OC)C(=O)CC[C@]4(C)[C@@H]3CC[C@@]21C. The van der Waals surface area contributed by atoms with Crippen LogP contribution in [0.25, 0.3) is 0 Å². The molecule has 0 N–H and O–H groups in total. The van der Waals surface area contributed by atoms with Crippen molar-refractivity contribution in [2.24, 2.45) is 22.7 Å². The van der Waals surface area contributed by atoms with Crippen LogP contribution in [0.2, 0.25) is 0 Å². The maximum Gasteiger partial charge on any atom is 0.309 e. The van der Waals surface area contributed by atoms with Gasteiger partial charge in [0.25, 0.3) is 0 Å². The normalized spacial score (nSPS) is 34.1. The molecule has 0 radical (unpaired) electrons. The van der Waals surface area contributed by atoms with E-state index >= 15 is 0 Å². The molecule has 190 valence electrons. The number of hydrogen-bond donors (Lipinski definition) is 0. The molecule has 1 aromatic rings. The smallest absolute Gasteiger partial charge is 0.309 e. The second kappa shape index (κ2) is 8.86. The Balaban J connectivity index is 1.46. The van der Waals surface area contributed by atoms with Crippen molar-refractivity contribution < 1.29 is 23.8 Å². The predicted molar refractivity (Wildman–Crippen MR) is 133 cm³/mol. The Labute approximate surface area is 209 Å². The Bertz CT molecular complexity index is 1060. The number of fused-ring (bicyclic) bond motifs is 4. The van der Waals surface area contributed by atoms with Crippen LogP contribution in [-0.4, -0.2) is 44.1 Å². The first kappa shape index (κ1) is 24.2. The van der Waals surface area contributed by atoms with Gasteiger partial charge in [0.2, 0.25) is 5.91 Å². The van der Waals surface area contributed by atoms with Gasteiger partial charge in [0.15, 0.2) is 0 Å². The highest BCUT2D eigenvalue weighted by Gasteiger charge is 2.58. The molecule has 6 heteroatoms. The van der Waals surface area contributed by atoms with Gasteiger partial charge in [-0.1, -0.05) is 25.0 Å². The highest BCUT2D eigenvalue weighted by molar-refractivity contribution is 5.78. The average Bonchev–Trinajstić information content (AvgIpc) is 3.22. The largest absolute Gasteiger partial charge is 0.497 e. The number of methoxy groups -OCH3 is 3. The van der Waals surface area contributed by atoms with Crippen LogP contribution in [0.5, 0.6) is 11.5 Å². The van der Waals surface area contributed by atoms with E-state index in [0.717, 1.165) is 62.0 Å². The molecule has 1 aromatic carbocycles. The van der Waals surface area contributed by atoms with Crippen LogP contribution in [0, 0.1) is 22.7 Å². The summed E-state index contributed by atoms with van der Waals surface area (Å²) in [6.45, 7) is 5.27. The third-order valence-corrected chi connectivity index (χ3v) is 10.0. The van der Waals surface area contributed by atoms with Crippen molar-refractivity contribution in [3.8, 4) is 11.5 Å². The summed E-state index contributed by atoms with van der Waals surface area (Å²) in [5.41, 5.74) is 4.13. The molecule has 6 nitrogen and oxygen atoms in total. The van der Waals surface area contributed by atoms with Crippen LogP contribution in [0.3, 0.4) is 0 Å². The zero-order valence-corrected chi connectivity index (χ0v) is 21.8. The number of likely N-dealkylation sites (tertiary alicyclic amines) is 1. The third kappa shape index (κ3) is 3.66. The zero-order valence-electron chi connectivity index (χ0n) is 21.8. The van der Waals surface area contributed by atoms with Crippen molar-refractivity contribution in [3.63, 3.8) is 0 Å². The molecule has 4 aliphatic rings. The predicted octanol–water partition coefficient (Wildman–Crippen LogP) is 5.29. The number of esters is 1. The van der Waals surface area contributed by atoms with Crippen LogP contribution in [0.4, 0.5) is 0 Å². The Morgan fingerprint density at radius 1 is 1.03 bits per heavy atom. The highest BCUT2D eigenvalue weighted by atomic mass is 16.5. The Hall–Kier alpha value is -2.50. The lowest BCUT2D eigenvalue weighted by Crippen LogP contribution is -2.59.